The van der Waals surface area contributed by atoms with Crippen molar-refractivity contribution in [1.29, 1.82) is 0 Å². The van der Waals surface area contributed by atoms with Crippen LogP contribution in [-0.4, -0.2) is 54.3 Å². The Morgan fingerprint density at radius 2 is 1.72 bits per heavy atom. The molecule has 32 heavy (non-hydrogen) atoms. The predicted molar refractivity (Wildman–Crippen MR) is 117 cm³/mol. The van der Waals surface area contributed by atoms with Gasteiger partial charge in [0.15, 0.2) is 0 Å². The molecule has 3 rings (SSSR count). The van der Waals surface area contributed by atoms with Crippen molar-refractivity contribution in [3.63, 3.8) is 0 Å². The first kappa shape index (κ1) is 23.8. The molecule has 0 atom stereocenters. The molecule has 0 radical (unpaired) electrons. The first-order chi connectivity index (χ1) is 15.2. The molecule has 1 N–H and O–H groups in total. The van der Waals surface area contributed by atoms with Gasteiger partial charge in [0.2, 0.25) is 11.8 Å². The third-order valence-electron chi connectivity index (χ3n) is 5.10. The zero-order valence-corrected chi connectivity index (χ0v) is 18.0. The molecule has 1 aliphatic rings. The first-order valence-corrected chi connectivity index (χ1v) is 10.5. The van der Waals surface area contributed by atoms with E-state index in [4.69, 9.17) is 11.6 Å². The fourth-order valence-corrected chi connectivity index (χ4v) is 3.54. The summed E-state index contributed by atoms with van der Waals surface area (Å²) in [5, 5.41) is 2.49. The van der Waals surface area contributed by atoms with Gasteiger partial charge in [0.25, 0.3) is 0 Å². The number of alkyl halides is 3. The minimum absolute atomic E-state index is 0.0864. The zero-order chi connectivity index (χ0) is 23.1. The van der Waals surface area contributed by atoms with Gasteiger partial charge in [0.1, 0.15) is 0 Å². The smallest absolute Gasteiger partial charge is 0.351 e. The van der Waals surface area contributed by atoms with Crippen LogP contribution in [0.15, 0.2) is 54.6 Å². The van der Waals surface area contributed by atoms with E-state index in [0.717, 1.165) is 17.7 Å². The summed E-state index contributed by atoms with van der Waals surface area (Å²) in [5.74, 6) is -0.376. The Morgan fingerprint density at radius 3 is 2.38 bits per heavy atom. The molecule has 0 spiro atoms. The Balaban J connectivity index is 1.45. The van der Waals surface area contributed by atoms with Crippen molar-refractivity contribution in [3.05, 3.63) is 76.3 Å². The Morgan fingerprint density at radius 1 is 1.03 bits per heavy atom. The van der Waals surface area contributed by atoms with Gasteiger partial charge in [-0.3, -0.25) is 14.5 Å². The second kappa shape index (κ2) is 10.7. The normalized spacial score (nSPS) is 15.2. The Labute approximate surface area is 189 Å². The molecule has 0 aromatic heterocycles. The molecule has 0 unspecified atom stereocenters. The number of hydrogen-bond acceptors (Lipinski definition) is 3. The average molecular weight is 466 g/mol. The van der Waals surface area contributed by atoms with E-state index in [1.165, 1.54) is 18.2 Å². The van der Waals surface area contributed by atoms with Gasteiger partial charge in [-0.05, 0) is 29.3 Å². The molecule has 0 aliphatic carbocycles. The Hall–Kier alpha value is -2.84. The van der Waals surface area contributed by atoms with Gasteiger partial charge < -0.3 is 10.2 Å². The predicted octanol–water partition coefficient (Wildman–Crippen LogP) is 3.83. The molecule has 2 aromatic carbocycles. The van der Waals surface area contributed by atoms with Crippen molar-refractivity contribution in [3.8, 4) is 0 Å². The van der Waals surface area contributed by atoms with E-state index in [1.54, 1.807) is 4.90 Å². The summed E-state index contributed by atoms with van der Waals surface area (Å²) in [6.45, 7) is 2.65. The van der Waals surface area contributed by atoms with Crippen molar-refractivity contribution in [2.24, 2.45) is 0 Å². The average Bonchev–Trinajstić information content (AvgIpc) is 2.77. The van der Waals surface area contributed by atoms with Crippen molar-refractivity contribution in [2.75, 3.05) is 32.7 Å². The third-order valence-corrected chi connectivity index (χ3v) is 5.43. The summed E-state index contributed by atoms with van der Waals surface area (Å²) in [7, 11) is 0. The molecule has 1 saturated heterocycles. The van der Waals surface area contributed by atoms with E-state index in [9.17, 15) is 22.8 Å². The number of nitrogens with one attached hydrogen (secondary N) is 1. The molecule has 170 valence electrons. The lowest BCUT2D eigenvalue weighted by molar-refractivity contribution is -0.137. The second-order valence-corrected chi connectivity index (χ2v) is 7.84. The van der Waals surface area contributed by atoms with Crippen molar-refractivity contribution >= 4 is 29.5 Å². The van der Waals surface area contributed by atoms with Crippen LogP contribution in [0.2, 0.25) is 5.02 Å². The van der Waals surface area contributed by atoms with E-state index in [2.05, 4.69) is 5.32 Å². The number of amides is 2. The quantitative estimate of drug-likeness (QED) is 0.660. The Bertz CT molecular complexity index is 972. The fourth-order valence-electron chi connectivity index (χ4n) is 3.32. The summed E-state index contributed by atoms with van der Waals surface area (Å²) in [6, 6.07) is 13.1. The van der Waals surface area contributed by atoms with E-state index in [-0.39, 0.29) is 28.9 Å². The number of carbonyl (C=O) groups excluding carboxylic acids is 2. The second-order valence-electron chi connectivity index (χ2n) is 7.43. The number of halogens is 4. The van der Waals surface area contributed by atoms with Crippen LogP contribution in [0.4, 0.5) is 13.2 Å². The highest BCUT2D eigenvalue weighted by Gasteiger charge is 2.33. The highest BCUT2D eigenvalue weighted by atomic mass is 35.5. The maximum absolute atomic E-state index is 13.0. The van der Waals surface area contributed by atoms with Crippen LogP contribution in [0.1, 0.15) is 16.7 Å². The lowest BCUT2D eigenvalue weighted by Gasteiger charge is -2.33. The highest BCUT2D eigenvalue weighted by Crippen LogP contribution is 2.35. The summed E-state index contributed by atoms with van der Waals surface area (Å²) < 4.78 is 38.9. The van der Waals surface area contributed by atoms with Gasteiger partial charge in [0, 0.05) is 38.8 Å². The van der Waals surface area contributed by atoms with Crippen molar-refractivity contribution < 1.29 is 22.8 Å². The van der Waals surface area contributed by atoms with Crippen LogP contribution < -0.4 is 5.32 Å². The van der Waals surface area contributed by atoms with Crippen molar-refractivity contribution in [2.45, 2.75) is 12.7 Å². The van der Waals surface area contributed by atoms with Crippen LogP contribution >= 0.6 is 11.6 Å². The molecular formula is C23H23ClF3N3O2. The first-order valence-electron chi connectivity index (χ1n) is 10.1. The summed E-state index contributed by atoms with van der Waals surface area (Å²) in [5.41, 5.74) is 0.322. The third kappa shape index (κ3) is 6.83. The van der Waals surface area contributed by atoms with Crippen LogP contribution in [-0.2, 0) is 22.3 Å². The van der Waals surface area contributed by atoms with Gasteiger partial charge in [-0.2, -0.15) is 13.2 Å². The van der Waals surface area contributed by atoms with E-state index < -0.39 is 11.7 Å². The maximum Gasteiger partial charge on any atom is 0.417 e. The zero-order valence-electron chi connectivity index (χ0n) is 17.2. The SMILES string of the molecule is O=C(CN1CCN(C(=O)/C=C/c2ccc(Cl)c(C(F)(F)F)c2)CC1)NCc1ccccc1. The molecule has 1 heterocycles. The van der Waals surface area contributed by atoms with Gasteiger partial charge in [-0.1, -0.05) is 48.0 Å². The van der Waals surface area contributed by atoms with Crippen LogP contribution in [0.3, 0.4) is 0 Å². The maximum atomic E-state index is 13.0. The largest absolute Gasteiger partial charge is 0.417 e. The van der Waals surface area contributed by atoms with Crippen LogP contribution in [0.25, 0.3) is 6.08 Å². The lowest BCUT2D eigenvalue weighted by atomic mass is 10.1. The van der Waals surface area contributed by atoms with Gasteiger partial charge >= 0.3 is 6.18 Å². The summed E-state index contributed by atoms with van der Waals surface area (Å²) >= 11 is 5.61. The summed E-state index contributed by atoms with van der Waals surface area (Å²) in [4.78, 5) is 28.1. The van der Waals surface area contributed by atoms with Crippen molar-refractivity contribution in [1.82, 2.24) is 15.1 Å². The lowest BCUT2D eigenvalue weighted by Crippen LogP contribution is -2.50. The number of carbonyl (C=O) groups is 2. The number of rotatable bonds is 6. The highest BCUT2D eigenvalue weighted by molar-refractivity contribution is 6.31. The molecular weight excluding hydrogens is 443 g/mol. The minimum atomic E-state index is -4.56. The number of nitrogens with zero attached hydrogens (tertiary/aromatic N) is 2. The van der Waals surface area contributed by atoms with E-state index in [1.807, 2.05) is 35.2 Å². The van der Waals surface area contributed by atoms with Crippen LogP contribution in [0.5, 0.6) is 0 Å². The van der Waals surface area contributed by atoms with Crippen LogP contribution in [0, 0.1) is 0 Å². The monoisotopic (exact) mass is 465 g/mol. The topological polar surface area (TPSA) is 52.7 Å². The Kier molecular flexibility index (Phi) is 7.93. The number of piperazine rings is 1. The molecule has 9 heteroatoms. The van der Waals surface area contributed by atoms with E-state index in [0.29, 0.717) is 32.7 Å². The minimum Gasteiger partial charge on any atom is -0.351 e. The molecule has 0 bridgehead atoms. The number of benzene rings is 2. The molecule has 0 saturated carbocycles. The summed E-state index contributed by atoms with van der Waals surface area (Å²) in [6.07, 6.45) is -1.96. The molecule has 1 aliphatic heterocycles. The number of hydrogen-bond donors (Lipinski definition) is 1. The standard InChI is InChI=1S/C23H23ClF3N3O2/c24-20-8-6-17(14-19(20)23(25,26)27)7-9-22(32)30-12-10-29(11-13-30)16-21(31)28-15-18-4-2-1-3-5-18/h1-9,14H,10-13,15-16H2,(H,28,31)/b9-7+. The molecule has 2 amide bonds. The van der Waals surface area contributed by atoms with Gasteiger partial charge in [-0.25, -0.2) is 0 Å². The van der Waals surface area contributed by atoms with Gasteiger partial charge in [0.05, 0.1) is 17.1 Å². The molecule has 5 nitrogen and oxygen atoms in total. The molecule has 1 fully saturated rings. The van der Waals surface area contributed by atoms with Gasteiger partial charge in [-0.15, -0.1) is 0 Å². The molecule has 2 aromatic rings. The van der Waals surface area contributed by atoms with E-state index >= 15 is 0 Å². The fraction of sp³-hybridized carbons (Fsp3) is 0.304.